The number of nitrogens with two attached hydrogens (primary N) is 1. The maximum Gasteiger partial charge on any atom is 0.0954 e. The predicted molar refractivity (Wildman–Crippen MR) is 91.0 cm³/mol. The summed E-state index contributed by atoms with van der Waals surface area (Å²) in [4.78, 5) is 4.48. The molecule has 0 fully saturated rings. The van der Waals surface area contributed by atoms with E-state index in [1.165, 1.54) is 19.3 Å². The molecule has 1 aromatic carbocycles. The zero-order chi connectivity index (χ0) is 14.5. The number of hydrogen-bond acceptors (Lipinski definition) is 3. The van der Waals surface area contributed by atoms with Crippen molar-refractivity contribution in [2.45, 2.75) is 33.1 Å². The first kappa shape index (κ1) is 15.1. The number of pyridine rings is 1. The standard InChI is InChI=1S/C16H22BrN3/c1-11(2)5-3-4-8-19-15-7-6-14(18)13-9-12(17)10-20-16(13)15/h6-7,9-11,19H,3-5,8,18H2,1-2H3. The summed E-state index contributed by atoms with van der Waals surface area (Å²) in [6.45, 7) is 5.51. The van der Waals surface area contributed by atoms with E-state index in [-0.39, 0.29) is 0 Å². The van der Waals surface area contributed by atoms with Crippen molar-refractivity contribution in [3.05, 3.63) is 28.9 Å². The van der Waals surface area contributed by atoms with Crippen molar-refractivity contribution in [1.82, 2.24) is 4.98 Å². The predicted octanol–water partition coefficient (Wildman–Crippen LogP) is 4.82. The molecule has 0 atom stereocenters. The molecule has 0 radical (unpaired) electrons. The SMILES string of the molecule is CC(C)CCCCNc1ccc(N)c2cc(Br)cnc12. The van der Waals surface area contributed by atoms with Gasteiger partial charge in [-0.05, 0) is 46.5 Å². The molecule has 4 heteroatoms. The Bertz CT molecular complexity index is 581. The molecule has 1 heterocycles. The lowest BCUT2D eigenvalue weighted by atomic mass is 10.1. The Morgan fingerprint density at radius 3 is 2.85 bits per heavy atom. The van der Waals surface area contributed by atoms with Crippen LogP contribution in [0.3, 0.4) is 0 Å². The molecule has 3 nitrogen and oxygen atoms in total. The van der Waals surface area contributed by atoms with Gasteiger partial charge in [0, 0.05) is 28.3 Å². The summed E-state index contributed by atoms with van der Waals surface area (Å²) < 4.78 is 0.950. The third-order valence-corrected chi connectivity index (χ3v) is 3.81. The monoisotopic (exact) mass is 335 g/mol. The van der Waals surface area contributed by atoms with Gasteiger partial charge in [0.1, 0.15) is 0 Å². The fourth-order valence-corrected chi connectivity index (χ4v) is 2.59. The summed E-state index contributed by atoms with van der Waals surface area (Å²) in [6.07, 6.45) is 5.54. The van der Waals surface area contributed by atoms with Crippen LogP contribution in [0.5, 0.6) is 0 Å². The van der Waals surface area contributed by atoms with Gasteiger partial charge in [0.2, 0.25) is 0 Å². The second-order valence-corrected chi connectivity index (χ2v) is 6.48. The van der Waals surface area contributed by atoms with E-state index >= 15 is 0 Å². The second-order valence-electron chi connectivity index (χ2n) is 5.57. The van der Waals surface area contributed by atoms with Gasteiger partial charge in [0.15, 0.2) is 0 Å². The highest BCUT2D eigenvalue weighted by Gasteiger charge is 2.06. The van der Waals surface area contributed by atoms with Crippen LogP contribution in [0.25, 0.3) is 10.9 Å². The quantitative estimate of drug-likeness (QED) is 0.587. The minimum Gasteiger partial charge on any atom is -0.398 e. The molecule has 0 aliphatic rings. The van der Waals surface area contributed by atoms with Crippen LogP contribution in [0.2, 0.25) is 0 Å². The Kier molecular flexibility index (Phi) is 5.24. The van der Waals surface area contributed by atoms with Crippen LogP contribution >= 0.6 is 15.9 Å². The van der Waals surface area contributed by atoms with Gasteiger partial charge >= 0.3 is 0 Å². The summed E-state index contributed by atoms with van der Waals surface area (Å²) in [5, 5.41) is 4.47. The molecule has 2 rings (SSSR count). The number of nitrogens with zero attached hydrogens (tertiary/aromatic N) is 1. The molecule has 0 bridgehead atoms. The zero-order valence-corrected chi connectivity index (χ0v) is 13.7. The Balaban J connectivity index is 2.05. The number of nitrogens with one attached hydrogen (secondary N) is 1. The zero-order valence-electron chi connectivity index (χ0n) is 12.1. The smallest absolute Gasteiger partial charge is 0.0954 e. The van der Waals surface area contributed by atoms with Gasteiger partial charge < -0.3 is 11.1 Å². The van der Waals surface area contributed by atoms with Gasteiger partial charge in [-0.15, -0.1) is 0 Å². The third kappa shape index (κ3) is 3.85. The number of nitrogen functional groups attached to an aromatic ring is 1. The van der Waals surface area contributed by atoms with Crippen molar-refractivity contribution < 1.29 is 0 Å². The molecule has 0 spiro atoms. The van der Waals surface area contributed by atoms with Crippen molar-refractivity contribution in [3.8, 4) is 0 Å². The van der Waals surface area contributed by atoms with Crippen LogP contribution in [0, 0.1) is 5.92 Å². The first-order valence-corrected chi connectivity index (χ1v) is 7.95. The molecule has 108 valence electrons. The minimum atomic E-state index is 0.763. The van der Waals surface area contributed by atoms with Gasteiger partial charge in [0.05, 0.1) is 11.2 Å². The Morgan fingerprint density at radius 2 is 2.10 bits per heavy atom. The third-order valence-electron chi connectivity index (χ3n) is 3.37. The molecule has 0 saturated heterocycles. The van der Waals surface area contributed by atoms with Crippen molar-refractivity contribution in [3.63, 3.8) is 0 Å². The van der Waals surface area contributed by atoms with Gasteiger partial charge in [-0.1, -0.05) is 26.7 Å². The average Bonchev–Trinajstić information content (AvgIpc) is 2.41. The van der Waals surface area contributed by atoms with Crippen molar-refractivity contribution in [1.29, 1.82) is 0 Å². The first-order valence-electron chi connectivity index (χ1n) is 7.15. The lowest BCUT2D eigenvalue weighted by Gasteiger charge is -2.11. The lowest BCUT2D eigenvalue weighted by molar-refractivity contribution is 0.545. The molecule has 1 aromatic heterocycles. The Morgan fingerprint density at radius 1 is 1.30 bits per heavy atom. The van der Waals surface area contributed by atoms with E-state index in [9.17, 15) is 0 Å². The summed E-state index contributed by atoms with van der Waals surface area (Å²) >= 11 is 3.44. The highest BCUT2D eigenvalue weighted by molar-refractivity contribution is 9.10. The van der Waals surface area contributed by atoms with Crippen LogP contribution in [-0.2, 0) is 0 Å². The summed E-state index contributed by atoms with van der Waals surface area (Å²) in [7, 11) is 0. The molecule has 2 aromatic rings. The highest BCUT2D eigenvalue weighted by atomic mass is 79.9. The van der Waals surface area contributed by atoms with Crippen molar-refractivity contribution in [2.24, 2.45) is 5.92 Å². The number of anilines is 2. The van der Waals surface area contributed by atoms with Gasteiger partial charge in [-0.3, -0.25) is 4.98 Å². The number of fused-ring (bicyclic) bond motifs is 1. The Hall–Kier alpha value is -1.29. The summed E-state index contributed by atoms with van der Waals surface area (Å²) in [5.41, 5.74) is 8.78. The fourth-order valence-electron chi connectivity index (χ4n) is 2.26. The van der Waals surface area contributed by atoms with Crippen LogP contribution in [0.1, 0.15) is 33.1 Å². The van der Waals surface area contributed by atoms with E-state index in [4.69, 9.17) is 5.73 Å². The van der Waals surface area contributed by atoms with E-state index in [0.29, 0.717) is 0 Å². The number of aromatic nitrogens is 1. The van der Waals surface area contributed by atoms with E-state index < -0.39 is 0 Å². The highest BCUT2D eigenvalue weighted by Crippen LogP contribution is 2.28. The largest absolute Gasteiger partial charge is 0.398 e. The summed E-state index contributed by atoms with van der Waals surface area (Å²) in [6, 6.07) is 5.97. The van der Waals surface area contributed by atoms with Crippen LogP contribution in [-0.4, -0.2) is 11.5 Å². The average molecular weight is 336 g/mol. The number of rotatable bonds is 6. The lowest BCUT2D eigenvalue weighted by Crippen LogP contribution is -2.04. The van der Waals surface area contributed by atoms with Crippen molar-refractivity contribution >= 4 is 38.2 Å². The molecular formula is C16H22BrN3. The number of hydrogen-bond donors (Lipinski definition) is 2. The van der Waals surface area contributed by atoms with Gasteiger partial charge in [-0.25, -0.2) is 0 Å². The molecule has 3 N–H and O–H groups in total. The fraction of sp³-hybridized carbons (Fsp3) is 0.438. The minimum absolute atomic E-state index is 0.763. The molecule has 0 amide bonds. The molecular weight excluding hydrogens is 314 g/mol. The first-order chi connectivity index (χ1) is 9.58. The number of benzene rings is 1. The Labute approximate surface area is 129 Å². The molecule has 0 unspecified atom stereocenters. The van der Waals surface area contributed by atoms with E-state index in [1.807, 2.05) is 24.4 Å². The number of unbranched alkanes of at least 4 members (excludes halogenated alkanes) is 1. The maximum atomic E-state index is 6.02. The van der Waals surface area contributed by atoms with Gasteiger partial charge in [0.25, 0.3) is 0 Å². The van der Waals surface area contributed by atoms with E-state index in [2.05, 4.69) is 40.1 Å². The molecule has 0 aliphatic carbocycles. The molecule has 0 aliphatic heterocycles. The van der Waals surface area contributed by atoms with Crippen LogP contribution in [0.15, 0.2) is 28.9 Å². The van der Waals surface area contributed by atoms with E-state index in [1.54, 1.807) is 0 Å². The second kappa shape index (κ2) is 6.93. The molecule has 0 saturated carbocycles. The molecule has 20 heavy (non-hydrogen) atoms. The topological polar surface area (TPSA) is 50.9 Å². The van der Waals surface area contributed by atoms with E-state index in [0.717, 1.165) is 39.2 Å². The van der Waals surface area contributed by atoms with Crippen LogP contribution < -0.4 is 11.1 Å². The van der Waals surface area contributed by atoms with Crippen LogP contribution in [0.4, 0.5) is 11.4 Å². The normalized spacial score (nSPS) is 11.2. The number of halogens is 1. The maximum absolute atomic E-state index is 6.02. The van der Waals surface area contributed by atoms with Gasteiger partial charge in [-0.2, -0.15) is 0 Å². The summed E-state index contributed by atoms with van der Waals surface area (Å²) in [5.74, 6) is 0.784. The van der Waals surface area contributed by atoms with Crippen molar-refractivity contribution in [2.75, 3.05) is 17.6 Å².